The van der Waals surface area contributed by atoms with Crippen molar-refractivity contribution in [2.75, 3.05) is 71.3 Å². The van der Waals surface area contributed by atoms with E-state index in [0.29, 0.717) is 36.5 Å². The monoisotopic (exact) mass is 398 g/mol. The second kappa shape index (κ2) is 8.22. The number of ether oxygens (including phenoxy) is 3. The molecule has 9 heteroatoms. The number of benzene rings is 1. The predicted octanol–water partition coefficient (Wildman–Crippen LogP) is 1.55. The van der Waals surface area contributed by atoms with E-state index < -0.39 is 0 Å². The zero-order chi connectivity index (χ0) is 20.4. The molecule has 4 rings (SSSR count). The van der Waals surface area contributed by atoms with Crippen LogP contribution < -0.4 is 20.1 Å². The number of rotatable bonds is 6. The molecule has 1 aromatic carbocycles. The van der Waals surface area contributed by atoms with Crippen molar-refractivity contribution in [2.24, 2.45) is 0 Å². The number of piperazine rings is 1. The highest BCUT2D eigenvalue weighted by atomic mass is 16.5. The Morgan fingerprint density at radius 2 is 1.79 bits per heavy atom. The number of nitrogens with two attached hydrogens (primary N) is 1. The van der Waals surface area contributed by atoms with Crippen molar-refractivity contribution in [3.8, 4) is 11.5 Å². The van der Waals surface area contributed by atoms with Gasteiger partial charge < -0.3 is 29.7 Å². The van der Waals surface area contributed by atoms with E-state index in [0.717, 1.165) is 48.0 Å². The van der Waals surface area contributed by atoms with Gasteiger partial charge in [0.25, 0.3) is 0 Å². The van der Waals surface area contributed by atoms with Crippen molar-refractivity contribution < 1.29 is 14.2 Å². The van der Waals surface area contributed by atoms with E-state index in [4.69, 9.17) is 24.9 Å². The zero-order valence-electron chi connectivity index (χ0n) is 17.0. The summed E-state index contributed by atoms with van der Waals surface area (Å²) >= 11 is 0. The fourth-order valence-corrected chi connectivity index (χ4v) is 3.44. The highest BCUT2D eigenvalue weighted by Gasteiger charge is 2.19. The van der Waals surface area contributed by atoms with Gasteiger partial charge in [0.1, 0.15) is 12.4 Å². The van der Waals surface area contributed by atoms with Crippen LogP contribution >= 0.6 is 0 Å². The molecule has 29 heavy (non-hydrogen) atoms. The average Bonchev–Trinajstić information content (AvgIpc) is 2.73. The largest absolute Gasteiger partial charge is 0.493 e. The van der Waals surface area contributed by atoms with Crippen LogP contribution in [-0.2, 0) is 4.74 Å². The van der Waals surface area contributed by atoms with E-state index in [1.807, 2.05) is 12.1 Å². The molecule has 1 saturated heterocycles. The van der Waals surface area contributed by atoms with Crippen LogP contribution in [-0.4, -0.2) is 80.5 Å². The first-order valence-corrected chi connectivity index (χ1v) is 9.60. The van der Waals surface area contributed by atoms with E-state index in [1.165, 1.54) is 0 Å². The number of methoxy groups -OCH3 is 2. The Balaban J connectivity index is 1.80. The maximum absolute atomic E-state index is 6.27. The summed E-state index contributed by atoms with van der Waals surface area (Å²) in [6.07, 6.45) is 1.71. The third-order valence-corrected chi connectivity index (χ3v) is 5.16. The smallest absolute Gasteiger partial charge is 0.227 e. The van der Waals surface area contributed by atoms with Gasteiger partial charge in [0.05, 0.1) is 30.1 Å². The Hall–Kier alpha value is -2.91. The summed E-state index contributed by atoms with van der Waals surface area (Å²) < 4.78 is 16.4. The Labute approximate surface area is 169 Å². The molecule has 0 radical (unpaired) electrons. The van der Waals surface area contributed by atoms with Crippen molar-refractivity contribution in [1.82, 2.24) is 19.9 Å². The fourth-order valence-electron chi connectivity index (χ4n) is 3.44. The zero-order valence-corrected chi connectivity index (χ0v) is 17.0. The first-order valence-electron chi connectivity index (χ1n) is 9.60. The lowest BCUT2D eigenvalue weighted by molar-refractivity contribution is 0.144. The second-order valence-electron chi connectivity index (χ2n) is 7.08. The van der Waals surface area contributed by atoms with Crippen LogP contribution in [0.1, 0.15) is 0 Å². The third kappa shape index (κ3) is 3.83. The molecule has 1 aliphatic rings. The Morgan fingerprint density at radius 1 is 1.00 bits per heavy atom. The highest BCUT2D eigenvalue weighted by Crippen LogP contribution is 2.35. The number of nitrogen functional groups attached to an aromatic ring is 1. The standard InChI is InChI=1S/C20H26N6O3/c1-25-4-6-26(7-5-25)20-23-18-13-10-16(28-3)17(29-9-8-27-2)11-15(13)22-12-14(18)19(21)24-20/h10-12H,4-9H2,1-3H3,(H2,21,23,24). The van der Waals surface area contributed by atoms with Crippen molar-refractivity contribution in [2.45, 2.75) is 0 Å². The predicted molar refractivity (Wildman–Crippen MR) is 113 cm³/mol. The van der Waals surface area contributed by atoms with Crippen molar-refractivity contribution in [1.29, 1.82) is 0 Å². The first kappa shape index (κ1) is 19.4. The summed E-state index contributed by atoms with van der Waals surface area (Å²) in [5.41, 5.74) is 7.79. The van der Waals surface area contributed by atoms with Gasteiger partial charge in [0.15, 0.2) is 11.5 Å². The third-order valence-electron chi connectivity index (χ3n) is 5.16. The summed E-state index contributed by atoms with van der Waals surface area (Å²) in [7, 11) is 5.36. The van der Waals surface area contributed by atoms with Gasteiger partial charge in [0.2, 0.25) is 5.95 Å². The maximum atomic E-state index is 6.27. The molecule has 154 valence electrons. The Kier molecular flexibility index (Phi) is 5.50. The molecule has 0 atom stereocenters. The van der Waals surface area contributed by atoms with Crippen LogP contribution in [0, 0.1) is 0 Å². The number of pyridine rings is 1. The number of hydrogen-bond acceptors (Lipinski definition) is 9. The molecule has 2 N–H and O–H groups in total. The molecule has 3 aromatic rings. The molecule has 3 heterocycles. The molecule has 0 aliphatic carbocycles. The molecule has 0 amide bonds. The molecule has 9 nitrogen and oxygen atoms in total. The summed E-state index contributed by atoms with van der Waals surface area (Å²) in [5.74, 6) is 2.30. The minimum Gasteiger partial charge on any atom is -0.493 e. The van der Waals surface area contributed by atoms with E-state index in [2.05, 4.69) is 26.8 Å². The minimum atomic E-state index is 0.425. The lowest BCUT2D eigenvalue weighted by Crippen LogP contribution is -2.45. The van der Waals surface area contributed by atoms with Crippen LogP contribution in [0.3, 0.4) is 0 Å². The van der Waals surface area contributed by atoms with Gasteiger partial charge >= 0.3 is 0 Å². The van der Waals surface area contributed by atoms with Gasteiger partial charge in [-0.25, -0.2) is 4.98 Å². The SMILES string of the molecule is COCCOc1cc2ncc3c(N)nc(N4CCN(C)CC4)nc3c2cc1OC. The first-order chi connectivity index (χ1) is 14.1. The van der Waals surface area contributed by atoms with Gasteiger partial charge in [-0.1, -0.05) is 0 Å². The van der Waals surface area contributed by atoms with Gasteiger partial charge in [-0.05, 0) is 13.1 Å². The Morgan fingerprint density at radius 3 is 2.52 bits per heavy atom. The molecular weight excluding hydrogens is 372 g/mol. The van der Waals surface area contributed by atoms with E-state index in [-0.39, 0.29) is 0 Å². The molecule has 0 bridgehead atoms. The number of likely N-dealkylation sites (N-methyl/N-ethyl adjacent to an activating group) is 1. The molecule has 0 spiro atoms. The topological polar surface area (TPSA) is 98.9 Å². The van der Waals surface area contributed by atoms with Crippen LogP contribution in [0.25, 0.3) is 21.8 Å². The average molecular weight is 398 g/mol. The van der Waals surface area contributed by atoms with Crippen LogP contribution in [0.4, 0.5) is 11.8 Å². The quantitative estimate of drug-likeness (QED) is 0.490. The molecular formula is C20H26N6O3. The van der Waals surface area contributed by atoms with Gasteiger partial charge in [-0.15, -0.1) is 0 Å². The maximum Gasteiger partial charge on any atom is 0.227 e. The van der Waals surface area contributed by atoms with Crippen molar-refractivity contribution >= 4 is 33.6 Å². The number of fused-ring (bicyclic) bond motifs is 3. The number of hydrogen-bond donors (Lipinski definition) is 1. The lowest BCUT2D eigenvalue weighted by Gasteiger charge is -2.32. The second-order valence-corrected chi connectivity index (χ2v) is 7.08. The summed E-state index contributed by atoms with van der Waals surface area (Å²) in [4.78, 5) is 18.4. The molecule has 0 saturated carbocycles. The summed E-state index contributed by atoms with van der Waals surface area (Å²) in [6, 6.07) is 3.75. The van der Waals surface area contributed by atoms with E-state index >= 15 is 0 Å². The number of anilines is 2. The van der Waals surface area contributed by atoms with Crippen LogP contribution in [0.15, 0.2) is 18.3 Å². The minimum absolute atomic E-state index is 0.425. The van der Waals surface area contributed by atoms with E-state index in [1.54, 1.807) is 20.4 Å². The van der Waals surface area contributed by atoms with Crippen molar-refractivity contribution in [3.05, 3.63) is 18.3 Å². The summed E-state index contributed by atoms with van der Waals surface area (Å²) in [5, 5.41) is 1.58. The van der Waals surface area contributed by atoms with E-state index in [9.17, 15) is 0 Å². The van der Waals surface area contributed by atoms with Crippen molar-refractivity contribution in [3.63, 3.8) is 0 Å². The fraction of sp³-hybridized carbons (Fsp3) is 0.450. The van der Waals surface area contributed by atoms with Gasteiger partial charge in [0, 0.05) is 50.9 Å². The number of nitrogens with zero attached hydrogens (tertiary/aromatic N) is 5. The van der Waals surface area contributed by atoms with Crippen LogP contribution in [0.2, 0.25) is 0 Å². The van der Waals surface area contributed by atoms with Crippen LogP contribution in [0.5, 0.6) is 11.5 Å². The lowest BCUT2D eigenvalue weighted by atomic mass is 10.1. The summed E-state index contributed by atoms with van der Waals surface area (Å²) in [6.45, 7) is 4.58. The number of aromatic nitrogens is 3. The molecule has 1 fully saturated rings. The highest BCUT2D eigenvalue weighted by molar-refractivity contribution is 6.07. The van der Waals surface area contributed by atoms with Gasteiger partial charge in [-0.2, -0.15) is 4.98 Å². The van der Waals surface area contributed by atoms with Gasteiger partial charge in [-0.3, -0.25) is 4.98 Å². The molecule has 1 aliphatic heterocycles. The Bertz CT molecular complexity index is 1020. The molecule has 0 unspecified atom stereocenters. The normalized spacial score (nSPS) is 15.2. The molecule has 2 aromatic heterocycles.